The van der Waals surface area contributed by atoms with Crippen molar-refractivity contribution in [1.29, 1.82) is 0 Å². The third-order valence-electron chi connectivity index (χ3n) is 3.76. The Kier molecular flexibility index (Phi) is 8.83. The van der Waals surface area contributed by atoms with E-state index < -0.39 is 24.0 Å². The van der Waals surface area contributed by atoms with Gasteiger partial charge in [0.1, 0.15) is 0 Å². The van der Waals surface area contributed by atoms with Crippen LogP contribution in [0.1, 0.15) is 11.1 Å². The van der Waals surface area contributed by atoms with E-state index in [0.717, 1.165) is 16.9 Å². The Labute approximate surface area is 163 Å². The summed E-state index contributed by atoms with van der Waals surface area (Å²) in [6.45, 7) is 0.152. The lowest BCUT2D eigenvalue weighted by molar-refractivity contribution is -0.143. The van der Waals surface area contributed by atoms with Gasteiger partial charge in [0, 0.05) is 11.5 Å². The lowest BCUT2D eigenvalue weighted by Crippen LogP contribution is -2.51. The van der Waals surface area contributed by atoms with Gasteiger partial charge < -0.3 is 20.9 Å². The summed E-state index contributed by atoms with van der Waals surface area (Å²) < 4.78 is 5.42. The Morgan fingerprint density at radius 1 is 1.04 bits per heavy atom. The molecule has 0 radical (unpaired) electrons. The summed E-state index contributed by atoms with van der Waals surface area (Å²) >= 11 is 1.53. The monoisotopic (exact) mass is 388 g/mol. The van der Waals surface area contributed by atoms with E-state index in [1.807, 2.05) is 60.7 Å². The first-order valence-corrected chi connectivity index (χ1v) is 9.74. The highest BCUT2D eigenvalue weighted by Crippen LogP contribution is 2.12. The summed E-state index contributed by atoms with van der Waals surface area (Å²) in [6, 6.07) is 17.4. The van der Waals surface area contributed by atoms with Crippen molar-refractivity contribution in [3.05, 3.63) is 71.8 Å². The van der Waals surface area contributed by atoms with Crippen molar-refractivity contribution in [1.82, 2.24) is 5.32 Å². The van der Waals surface area contributed by atoms with Crippen molar-refractivity contribution in [2.75, 3.05) is 12.4 Å². The first-order valence-electron chi connectivity index (χ1n) is 8.58. The second-order valence-corrected chi connectivity index (χ2v) is 7.04. The van der Waals surface area contributed by atoms with Crippen LogP contribution in [0.4, 0.5) is 0 Å². The van der Waals surface area contributed by atoms with Crippen LogP contribution in [0.25, 0.3) is 0 Å². The Hall–Kier alpha value is -2.35. The Balaban J connectivity index is 1.73. The number of hydrogen-bond donors (Lipinski definition) is 3. The topological polar surface area (TPSA) is 102 Å². The van der Waals surface area contributed by atoms with E-state index in [-0.39, 0.29) is 13.2 Å². The number of nitrogens with two attached hydrogens (primary N) is 1. The van der Waals surface area contributed by atoms with Gasteiger partial charge in [-0.25, -0.2) is 4.79 Å². The molecule has 2 aromatic rings. The number of aliphatic carboxylic acids is 1. The van der Waals surface area contributed by atoms with E-state index in [2.05, 4.69) is 5.32 Å². The molecule has 0 aliphatic heterocycles. The minimum atomic E-state index is -1.15. The predicted octanol–water partition coefficient (Wildman–Crippen LogP) is 2.03. The molecular weight excluding hydrogens is 364 g/mol. The molecule has 4 N–H and O–H groups in total. The summed E-state index contributed by atoms with van der Waals surface area (Å²) in [7, 11) is 0. The first-order chi connectivity index (χ1) is 13.1. The van der Waals surface area contributed by atoms with Gasteiger partial charge in [-0.2, -0.15) is 11.8 Å². The van der Waals surface area contributed by atoms with Crippen LogP contribution in [-0.2, 0) is 26.7 Å². The van der Waals surface area contributed by atoms with Gasteiger partial charge >= 0.3 is 5.97 Å². The molecular formula is C20H24N2O4S. The molecule has 0 saturated heterocycles. The van der Waals surface area contributed by atoms with Crippen LogP contribution in [0.3, 0.4) is 0 Å². The molecule has 2 aromatic carbocycles. The first kappa shape index (κ1) is 21.0. The highest BCUT2D eigenvalue weighted by molar-refractivity contribution is 7.98. The number of nitrogens with one attached hydrogen (secondary N) is 1. The fraction of sp³-hybridized carbons (Fsp3) is 0.300. The standard InChI is InChI=1S/C20H24N2O4S/c21-17(14-27-13-16-9-5-2-6-10-16)19(23)22-18(20(24)25)12-26-11-15-7-3-1-4-8-15/h1-10,17-18H,11-14,21H2,(H,22,23)(H,24,25)/t17-,18-/m0/s1. The van der Waals surface area contributed by atoms with Gasteiger partial charge in [0.05, 0.1) is 19.3 Å². The zero-order valence-electron chi connectivity index (χ0n) is 14.9. The maximum absolute atomic E-state index is 12.2. The minimum absolute atomic E-state index is 0.125. The molecule has 144 valence electrons. The van der Waals surface area contributed by atoms with Crippen LogP contribution in [0.15, 0.2) is 60.7 Å². The molecule has 1 amide bonds. The van der Waals surface area contributed by atoms with Gasteiger partial charge in [-0.05, 0) is 11.1 Å². The fourth-order valence-corrected chi connectivity index (χ4v) is 3.23. The van der Waals surface area contributed by atoms with Gasteiger partial charge in [-0.15, -0.1) is 0 Å². The second-order valence-electron chi connectivity index (χ2n) is 6.01. The molecule has 0 aliphatic rings. The lowest BCUT2D eigenvalue weighted by atomic mass is 10.2. The Morgan fingerprint density at radius 2 is 1.63 bits per heavy atom. The van der Waals surface area contributed by atoms with E-state index >= 15 is 0 Å². The van der Waals surface area contributed by atoms with Crippen molar-refractivity contribution in [2.45, 2.75) is 24.4 Å². The third kappa shape index (κ3) is 7.82. The molecule has 0 aliphatic carbocycles. The van der Waals surface area contributed by atoms with Crippen LogP contribution in [0.2, 0.25) is 0 Å². The normalized spacial score (nSPS) is 12.9. The van der Waals surface area contributed by atoms with E-state index in [4.69, 9.17) is 10.5 Å². The van der Waals surface area contributed by atoms with Crippen LogP contribution in [0, 0.1) is 0 Å². The number of carbonyl (C=O) groups is 2. The summed E-state index contributed by atoms with van der Waals surface area (Å²) in [5, 5.41) is 11.7. The number of carbonyl (C=O) groups excluding carboxylic acids is 1. The summed E-state index contributed by atoms with van der Waals surface area (Å²) in [5.41, 5.74) is 7.96. The molecule has 2 rings (SSSR count). The third-order valence-corrected chi connectivity index (χ3v) is 4.89. The van der Waals surface area contributed by atoms with Crippen LogP contribution in [-0.4, -0.2) is 41.4 Å². The number of amides is 1. The zero-order valence-corrected chi connectivity index (χ0v) is 15.7. The zero-order chi connectivity index (χ0) is 19.5. The van der Waals surface area contributed by atoms with Crippen molar-refractivity contribution in [3.63, 3.8) is 0 Å². The maximum atomic E-state index is 12.2. The molecule has 0 unspecified atom stereocenters. The van der Waals surface area contributed by atoms with E-state index in [1.54, 1.807) is 0 Å². The average Bonchev–Trinajstić information content (AvgIpc) is 2.68. The van der Waals surface area contributed by atoms with Crippen molar-refractivity contribution < 1.29 is 19.4 Å². The van der Waals surface area contributed by atoms with Crippen molar-refractivity contribution in [2.24, 2.45) is 5.73 Å². The van der Waals surface area contributed by atoms with E-state index in [9.17, 15) is 14.7 Å². The maximum Gasteiger partial charge on any atom is 0.328 e. The van der Waals surface area contributed by atoms with Crippen LogP contribution in [0.5, 0.6) is 0 Å². The van der Waals surface area contributed by atoms with Crippen LogP contribution < -0.4 is 11.1 Å². The van der Waals surface area contributed by atoms with E-state index in [0.29, 0.717) is 5.75 Å². The lowest BCUT2D eigenvalue weighted by Gasteiger charge is -2.18. The number of rotatable bonds is 11. The molecule has 0 spiro atoms. The van der Waals surface area contributed by atoms with Crippen molar-refractivity contribution in [3.8, 4) is 0 Å². The average molecular weight is 388 g/mol. The molecule has 0 saturated carbocycles. The number of benzene rings is 2. The molecule has 6 nitrogen and oxygen atoms in total. The number of hydrogen-bond acceptors (Lipinski definition) is 5. The number of carboxylic acids is 1. The molecule has 2 atom stereocenters. The number of ether oxygens (including phenoxy) is 1. The summed E-state index contributed by atoms with van der Waals surface area (Å²) in [4.78, 5) is 23.5. The van der Waals surface area contributed by atoms with Gasteiger partial charge in [0.15, 0.2) is 6.04 Å². The molecule has 7 heteroatoms. The summed E-state index contributed by atoms with van der Waals surface area (Å²) in [6.07, 6.45) is 0. The van der Waals surface area contributed by atoms with Gasteiger partial charge in [0.25, 0.3) is 0 Å². The molecule has 0 fully saturated rings. The largest absolute Gasteiger partial charge is 0.480 e. The van der Waals surface area contributed by atoms with Gasteiger partial charge in [0.2, 0.25) is 5.91 Å². The quantitative estimate of drug-likeness (QED) is 0.544. The molecule has 27 heavy (non-hydrogen) atoms. The highest BCUT2D eigenvalue weighted by atomic mass is 32.2. The smallest absolute Gasteiger partial charge is 0.328 e. The molecule has 0 aromatic heterocycles. The van der Waals surface area contributed by atoms with Crippen LogP contribution >= 0.6 is 11.8 Å². The van der Waals surface area contributed by atoms with Crippen molar-refractivity contribution >= 4 is 23.6 Å². The van der Waals surface area contributed by atoms with Gasteiger partial charge in [-0.3, -0.25) is 4.79 Å². The van der Waals surface area contributed by atoms with E-state index in [1.165, 1.54) is 11.8 Å². The fourth-order valence-electron chi connectivity index (χ4n) is 2.28. The SMILES string of the molecule is N[C@@H](CSCc1ccccc1)C(=O)N[C@@H](COCc1ccccc1)C(=O)O. The van der Waals surface area contributed by atoms with Gasteiger partial charge in [-0.1, -0.05) is 60.7 Å². The second kappa shape index (κ2) is 11.4. The predicted molar refractivity (Wildman–Crippen MR) is 106 cm³/mol. The molecule has 0 bridgehead atoms. The highest BCUT2D eigenvalue weighted by Gasteiger charge is 2.23. The number of thioether (sulfide) groups is 1. The number of carboxylic acid groups (broad SMARTS) is 1. The Bertz CT molecular complexity index is 712. The summed E-state index contributed by atoms with van der Waals surface area (Å²) in [5.74, 6) is -0.505. The Morgan fingerprint density at radius 3 is 2.22 bits per heavy atom. The minimum Gasteiger partial charge on any atom is -0.480 e. The molecule has 0 heterocycles.